The molecule has 0 bridgehead atoms. The highest BCUT2D eigenvalue weighted by Gasteiger charge is 2.25. The molecule has 154 valence electrons. The molecule has 1 aromatic carbocycles. The fourth-order valence-electron chi connectivity index (χ4n) is 4.11. The lowest BCUT2D eigenvalue weighted by molar-refractivity contribution is 0.0677. The molecular weight excluding hydrogens is 366 g/mol. The summed E-state index contributed by atoms with van der Waals surface area (Å²) in [6.45, 7) is 7.26. The Labute approximate surface area is 172 Å². The van der Waals surface area contributed by atoms with Crippen molar-refractivity contribution >= 4 is 17.5 Å². The topological polar surface area (TPSA) is 61.8 Å². The van der Waals surface area contributed by atoms with Crippen molar-refractivity contribution < 1.29 is 9.53 Å². The Balaban J connectivity index is 1.39. The molecule has 7 nitrogen and oxygen atoms in total. The monoisotopic (exact) mass is 395 g/mol. The van der Waals surface area contributed by atoms with Crippen molar-refractivity contribution in [2.75, 3.05) is 56.2 Å². The lowest BCUT2D eigenvalue weighted by atomic mass is 10.00. The first-order chi connectivity index (χ1) is 14.1. The van der Waals surface area contributed by atoms with Gasteiger partial charge in [0, 0.05) is 51.2 Å². The predicted molar refractivity (Wildman–Crippen MR) is 114 cm³/mol. The zero-order chi connectivity index (χ0) is 20.2. The summed E-state index contributed by atoms with van der Waals surface area (Å²) in [7, 11) is 1.68. The Bertz CT molecular complexity index is 833. The molecule has 3 heterocycles. The number of carbonyl (C=O) groups is 1. The number of hydrogen-bond acceptors (Lipinski definition) is 6. The number of amides is 1. The molecule has 0 spiro atoms. The molecule has 4 rings (SSSR count). The Hall–Kier alpha value is -2.83. The SMILES string of the molecule is COc1ccc(N2CCN(c3nccc(C(=O)N4CCCC(C)C4)n3)CC2)cc1. The van der Waals surface area contributed by atoms with Gasteiger partial charge in [0.15, 0.2) is 0 Å². The Kier molecular flexibility index (Phi) is 5.83. The summed E-state index contributed by atoms with van der Waals surface area (Å²) in [4.78, 5) is 28.4. The van der Waals surface area contributed by atoms with E-state index in [1.807, 2.05) is 17.0 Å². The van der Waals surface area contributed by atoms with Crippen LogP contribution in [0, 0.1) is 5.92 Å². The van der Waals surface area contributed by atoms with Crippen LogP contribution in [0.5, 0.6) is 5.75 Å². The van der Waals surface area contributed by atoms with Crippen LogP contribution in [0.4, 0.5) is 11.6 Å². The van der Waals surface area contributed by atoms with E-state index < -0.39 is 0 Å². The van der Waals surface area contributed by atoms with Crippen LogP contribution in [0.15, 0.2) is 36.5 Å². The Morgan fingerprint density at radius 3 is 2.45 bits per heavy atom. The van der Waals surface area contributed by atoms with E-state index in [1.54, 1.807) is 19.4 Å². The number of ether oxygens (including phenoxy) is 1. The van der Waals surface area contributed by atoms with Crippen molar-refractivity contribution in [1.82, 2.24) is 14.9 Å². The van der Waals surface area contributed by atoms with Crippen LogP contribution in [0.1, 0.15) is 30.3 Å². The highest BCUT2D eigenvalue weighted by Crippen LogP contribution is 2.22. The summed E-state index contributed by atoms with van der Waals surface area (Å²) in [6, 6.07) is 9.88. The summed E-state index contributed by atoms with van der Waals surface area (Å²) >= 11 is 0. The average Bonchev–Trinajstić information content (AvgIpc) is 2.79. The minimum atomic E-state index is 0.0251. The van der Waals surface area contributed by atoms with Crippen LogP contribution < -0.4 is 14.5 Å². The molecule has 0 saturated carbocycles. The van der Waals surface area contributed by atoms with E-state index in [2.05, 4.69) is 38.8 Å². The van der Waals surface area contributed by atoms with Crippen molar-refractivity contribution in [1.29, 1.82) is 0 Å². The van der Waals surface area contributed by atoms with Crippen molar-refractivity contribution in [3.63, 3.8) is 0 Å². The van der Waals surface area contributed by atoms with Crippen LogP contribution in [0.2, 0.25) is 0 Å². The predicted octanol–water partition coefficient (Wildman–Crippen LogP) is 2.68. The summed E-state index contributed by atoms with van der Waals surface area (Å²) in [6.07, 6.45) is 3.97. The molecule has 2 fully saturated rings. The third-order valence-electron chi connectivity index (χ3n) is 5.81. The first-order valence-electron chi connectivity index (χ1n) is 10.4. The third-order valence-corrected chi connectivity index (χ3v) is 5.81. The fourth-order valence-corrected chi connectivity index (χ4v) is 4.11. The molecule has 0 N–H and O–H groups in total. The number of carbonyl (C=O) groups excluding carboxylic acids is 1. The maximum atomic E-state index is 12.9. The largest absolute Gasteiger partial charge is 0.497 e. The van der Waals surface area contributed by atoms with Crippen molar-refractivity contribution in [2.24, 2.45) is 5.92 Å². The highest BCUT2D eigenvalue weighted by atomic mass is 16.5. The zero-order valence-corrected chi connectivity index (χ0v) is 17.3. The van der Waals surface area contributed by atoms with Crippen LogP contribution >= 0.6 is 0 Å². The number of nitrogens with zero attached hydrogens (tertiary/aromatic N) is 5. The highest BCUT2D eigenvalue weighted by molar-refractivity contribution is 5.92. The molecule has 7 heteroatoms. The van der Waals surface area contributed by atoms with Crippen LogP contribution in [0.3, 0.4) is 0 Å². The first kappa shape index (κ1) is 19.5. The smallest absolute Gasteiger partial charge is 0.272 e. The van der Waals surface area contributed by atoms with Crippen LogP contribution in [-0.4, -0.2) is 67.2 Å². The summed E-state index contributed by atoms with van der Waals surface area (Å²) in [5.41, 5.74) is 1.69. The summed E-state index contributed by atoms with van der Waals surface area (Å²) in [5.74, 6) is 2.10. The first-order valence-corrected chi connectivity index (χ1v) is 10.4. The van der Waals surface area contributed by atoms with E-state index in [1.165, 1.54) is 12.1 Å². The number of likely N-dealkylation sites (tertiary alicyclic amines) is 1. The fraction of sp³-hybridized carbons (Fsp3) is 0.500. The Morgan fingerprint density at radius 1 is 1.03 bits per heavy atom. The van der Waals surface area contributed by atoms with Gasteiger partial charge >= 0.3 is 0 Å². The minimum absolute atomic E-state index is 0.0251. The van der Waals surface area contributed by atoms with E-state index in [0.29, 0.717) is 17.6 Å². The molecule has 2 aliphatic heterocycles. The standard InChI is InChI=1S/C22H29N5O2/c1-17-4-3-11-27(16-17)21(28)20-9-10-23-22(24-20)26-14-12-25(13-15-26)18-5-7-19(29-2)8-6-18/h5-10,17H,3-4,11-16H2,1-2H3. The van der Waals surface area contributed by atoms with Gasteiger partial charge in [0.25, 0.3) is 5.91 Å². The second-order valence-corrected chi connectivity index (χ2v) is 7.91. The normalized spacial score (nSPS) is 19.9. The lowest BCUT2D eigenvalue weighted by Gasteiger charge is -2.36. The Morgan fingerprint density at radius 2 is 1.76 bits per heavy atom. The second-order valence-electron chi connectivity index (χ2n) is 7.91. The number of aromatic nitrogens is 2. The van der Waals surface area contributed by atoms with E-state index in [4.69, 9.17) is 4.74 Å². The van der Waals surface area contributed by atoms with Gasteiger partial charge in [-0.2, -0.15) is 0 Å². The van der Waals surface area contributed by atoms with Gasteiger partial charge in [0.2, 0.25) is 5.95 Å². The summed E-state index contributed by atoms with van der Waals surface area (Å²) < 4.78 is 5.24. The maximum Gasteiger partial charge on any atom is 0.272 e. The molecule has 29 heavy (non-hydrogen) atoms. The molecule has 2 aliphatic rings. The number of piperidine rings is 1. The lowest BCUT2D eigenvalue weighted by Crippen LogP contribution is -2.47. The van der Waals surface area contributed by atoms with E-state index in [-0.39, 0.29) is 5.91 Å². The zero-order valence-electron chi connectivity index (χ0n) is 17.3. The molecule has 0 aliphatic carbocycles. The number of hydrogen-bond donors (Lipinski definition) is 0. The molecule has 1 aromatic heterocycles. The van der Waals surface area contributed by atoms with E-state index in [9.17, 15) is 4.79 Å². The number of rotatable bonds is 4. The molecule has 1 unspecified atom stereocenters. The van der Waals surface area contributed by atoms with Crippen molar-refractivity contribution in [2.45, 2.75) is 19.8 Å². The molecule has 2 aromatic rings. The molecule has 0 radical (unpaired) electrons. The van der Waals surface area contributed by atoms with Gasteiger partial charge < -0.3 is 19.4 Å². The second kappa shape index (κ2) is 8.68. The van der Waals surface area contributed by atoms with Gasteiger partial charge in [-0.3, -0.25) is 4.79 Å². The molecule has 1 amide bonds. The summed E-state index contributed by atoms with van der Waals surface area (Å²) in [5, 5.41) is 0. The van der Waals surface area contributed by atoms with E-state index in [0.717, 1.165) is 51.4 Å². The molecule has 1 atom stereocenters. The van der Waals surface area contributed by atoms with Gasteiger partial charge in [-0.1, -0.05) is 6.92 Å². The van der Waals surface area contributed by atoms with Crippen molar-refractivity contribution in [3.8, 4) is 5.75 Å². The average molecular weight is 396 g/mol. The number of anilines is 2. The van der Waals surface area contributed by atoms with Crippen LogP contribution in [0.25, 0.3) is 0 Å². The quantitative estimate of drug-likeness (QED) is 0.793. The van der Waals surface area contributed by atoms with Gasteiger partial charge in [0.05, 0.1) is 7.11 Å². The van der Waals surface area contributed by atoms with Gasteiger partial charge in [-0.05, 0) is 49.1 Å². The number of benzene rings is 1. The minimum Gasteiger partial charge on any atom is -0.497 e. The number of piperazine rings is 1. The molecule has 2 saturated heterocycles. The van der Waals surface area contributed by atoms with Gasteiger partial charge in [-0.25, -0.2) is 9.97 Å². The molecular formula is C22H29N5O2. The van der Waals surface area contributed by atoms with Gasteiger partial charge in [0.1, 0.15) is 11.4 Å². The van der Waals surface area contributed by atoms with Crippen LogP contribution in [-0.2, 0) is 0 Å². The van der Waals surface area contributed by atoms with E-state index >= 15 is 0 Å². The van der Waals surface area contributed by atoms with Gasteiger partial charge in [-0.15, -0.1) is 0 Å². The number of methoxy groups -OCH3 is 1. The maximum absolute atomic E-state index is 12.9. The third kappa shape index (κ3) is 4.44. The van der Waals surface area contributed by atoms with Crippen molar-refractivity contribution in [3.05, 3.63) is 42.2 Å².